The first kappa shape index (κ1) is 32.3. The van der Waals surface area contributed by atoms with Crippen LogP contribution in [0.3, 0.4) is 0 Å². The van der Waals surface area contributed by atoms with E-state index in [2.05, 4.69) is 19.9 Å². The lowest BCUT2D eigenvalue weighted by Crippen LogP contribution is -2.21. The lowest BCUT2D eigenvalue weighted by molar-refractivity contribution is -0.193. The van der Waals surface area contributed by atoms with Crippen LogP contribution in [0, 0.1) is 0 Å². The number of nitrogens with one attached hydrogen (secondary N) is 1. The fourth-order valence-electron chi connectivity index (χ4n) is 2.75. The number of aromatic nitrogens is 4. The molecule has 0 unspecified atom stereocenters. The van der Waals surface area contributed by atoms with E-state index in [9.17, 15) is 26.3 Å². The number of carbonyl (C=O) groups is 2. The quantitative estimate of drug-likeness (QED) is 0.243. The second-order valence-electron chi connectivity index (χ2n) is 8.00. The van der Waals surface area contributed by atoms with Gasteiger partial charge in [-0.25, -0.2) is 19.6 Å². The number of benzene rings is 1. The number of rotatable bonds is 6. The van der Waals surface area contributed by atoms with Crippen LogP contribution in [0.1, 0.15) is 19.5 Å². The summed E-state index contributed by atoms with van der Waals surface area (Å²) in [6.45, 7) is 4.38. The number of ether oxygens (including phenoxy) is 2. The number of H-pyrrole nitrogens is 1. The van der Waals surface area contributed by atoms with Gasteiger partial charge >= 0.3 is 24.3 Å². The second kappa shape index (κ2) is 14.0. The third-order valence-electron chi connectivity index (χ3n) is 4.42. The van der Waals surface area contributed by atoms with E-state index in [4.69, 9.17) is 29.3 Å². The summed E-state index contributed by atoms with van der Waals surface area (Å²) in [4.78, 5) is 34.3. The number of halogens is 6. The highest BCUT2D eigenvalue weighted by Crippen LogP contribution is 2.33. The van der Waals surface area contributed by atoms with Crippen molar-refractivity contribution in [1.29, 1.82) is 0 Å². The molecule has 16 heteroatoms. The molecule has 0 bridgehead atoms. The van der Waals surface area contributed by atoms with Gasteiger partial charge in [-0.1, -0.05) is 6.07 Å². The summed E-state index contributed by atoms with van der Waals surface area (Å²) in [5.41, 5.74) is 3.31. The monoisotopic (exact) mass is 588 g/mol. The molecule has 4 aromatic rings. The van der Waals surface area contributed by atoms with E-state index in [0.717, 1.165) is 28.2 Å². The Morgan fingerprint density at radius 3 is 2.02 bits per heavy atom. The molecular formula is C25H22F6N4O6. The number of aliphatic carboxylic acids is 2. The summed E-state index contributed by atoms with van der Waals surface area (Å²) < 4.78 is 75.4. The molecule has 0 atom stereocenters. The number of hydrogen-bond donors (Lipinski definition) is 3. The first-order valence-electron chi connectivity index (χ1n) is 11.3. The maximum atomic E-state index is 10.6. The van der Waals surface area contributed by atoms with Gasteiger partial charge in [0.25, 0.3) is 0 Å². The Morgan fingerprint density at radius 2 is 1.51 bits per heavy atom. The van der Waals surface area contributed by atoms with Crippen molar-refractivity contribution in [2.45, 2.75) is 38.9 Å². The van der Waals surface area contributed by atoms with Gasteiger partial charge in [0.15, 0.2) is 5.65 Å². The van der Waals surface area contributed by atoms with E-state index in [0.29, 0.717) is 18.1 Å². The van der Waals surface area contributed by atoms with Crippen LogP contribution >= 0.6 is 0 Å². The molecule has 0 aliphatic heterocycles. The fourth-order valence-corrected chi connectivity index (χ4v) is 2.75. The van der Waals surface area contributed by atoms with E-state index in [1.165, 1.54) is 0 Å². The van der Waals surface area contributed by atoms with Crippen molar-refractivity contribution >= 4 is 23.1 Å². The molecule has 0 radical (unpaired) electrons. The molecule has 0 spiro atoms. The van der Waals surface area contributed by atoms with Gasteiger partial charge in [0.1, 0.15) is 29.4 Å². The Balaban J connectivity index is 0.000000349. The Morgan fingerprint density at radius 1 is 0.902 bits per heavy atom. The highest BCUT2D eigenvalue weighted by molar-refractivity contribution is 5.78. The number of carboxylic acids is 2. The zero-order chi connectivity index (χ0) is 30.8. The zero-order valence-electron chi connectivity index (χ0n) is 21.2. The summed E-state index contributed by atoms with van der Waals surface area (Å²) in [7, 11) is 0. The Labute approximate surface area is 227 Å². The Kier molecular flexibility index (Phi) is 11.0. The van der Waals surface area contributed by atoms with Crippen molar-refractivity contribution in [2.75, 3.05) is 0 Å². The molecule has 220 valence electrons. The molecule has 0 aliphatic carbocycles. The fraction of sp³-hybridized carbons (Fsp3) is 0.240. The number of aromatic amines is 1. The lowest BCUT2D eigenvalue weighted by Gasteiger charge is -2.15. The Bertz CT molecular complexity index is 1390. The van der Waals surface area contributed by atoms with Crippen LogP contribution < -0.4 is 9.47 Å². The van der Waals surface area contributed by atoms with Crippen LogP contribution in [0.25, 0.3) is 22.6 Å². The molecule has 10 nitrogen and oxygen atoms in total. The topological polar surface area (TPSA) is 148 Å². The second-order valence-corrected chi connectivity index (χ2v) is 8.00. The van der Waals surface area contributed by atoms with Gasteiger partial charge in [-0.15, -0.1) is 0 Å². The molecule has 4 rings (SSSR count). The average molecular weight is 588 g/mol. The number of pyridine rings is 2. The van der Waals surface area contributed by atoms with Gasteiger partial charge < -0.3 is 24.7 Å². The van der Waals surface area contributed by atoms with Gasteiger partial charge in [0, 0.05) is 18.5 Å². The molecule has 0 amide bonds. The summed E-state index contributed by atoms with van der Waals surface area (Å²) in [5, 5.41) is 14.2. The largest absolute Gasteiger partial charge is 0.490 e. The molecule has 0 aliphatic rings. The van der Waals surface area contributed by atoms with Crippen LogP contribution in [0.15, 0.2) is 60.9 Å². The minimum absolute atomic E-state index is 0.0253. The van der Waals surface area contributed by atoms with E-state index in [-0.39, 0.29) is 6.10 Å². The van der Waals surface area contributed by atoms with Crippen LogP contribution in [-0.4, -0.2) is 60.5 Å². The summed E-state index contributed by atoms with van der Waals surface area (Å²) in [6, 6.07) is 15.3. The van der Waals surface area contributed by atoms with E-state index >= 15 is 0 Å². The summed E-state index contributed by atoms with van der Waals surface area (Å²) in [5.74, 6) is -3.37. The minimum Gasteiger partial charge on any atom is -0.490 e. The molecule has 3 N–H and O–H groups in total. The van der Waals surface area contributed by atoms with Crippen molar-refractivity contribution in [3.05, 3.63) is 66.6 Å². The predicted octanol–water partition coefficient (Wildman–Crippen LogP) is 5.65. The predicted molar refractivity (Wildman–Crippen MR) is 131 cm³/mol. The number of carboxylic acid groups (broad SMARTS) is 2. The third kappa shape index (κ3) is 10.7. The van der Waals surface area contributed by atoms with Gasteiger partial charge in [-0.3, -0.25) is 4.98 Å². The van der Waals surface area contributed by atoms with Gasteiger partial charge in [-0.05, 0) is 50.2 Å². The van der Waals surface area contributed by atoms with Crippen LogP contribution in [0.5, 0.6) is 11.5 Å². The molecule has 3 heterocycles. The SMILES string of the molecule is CC(C)Oc1cc(OCc2ccccn2)ccc1-c1nc2cccnc2[nH]1.O=C(O)C(F)(F)F.O=C(O)C(F)(F)F. The van der Waals surface area contributed by atoms with Crippen LogP contribution in [-0.2, 0) is 16.2 Å². The number of fused-ring (bicyclic) bond motifs is 1. The maximum Gasteiger partial charge on any atom is 0.490 e. The highest BCUT2D eigenvalue weighted by Gasteiger charge is 2.38. The molecule has 1 aromatic carbocycles. The van der Waals surface area contributed by atoms with Crippen molar-refractivity contribution in [2.24, 2.45) is 0 Å². The standard InChI is InChI=1S/C21H20N4O2.2C2HF3O2/c1-14(2)27-19-12-16(26-13-15-6-3-4-10-22-15)8-9-17(19)20-24-18-7-5-11-23-21(18)25-20;2*3-2(4,5)1(6)7/h3-12,14H,13H2,1-2H3,(H,23,24,25);2*(H,6,7). The van der Waals surface area contributed by atoms with E-state index < -0.39 is 24.3 Å². The zero-order valence-corrected chi connectivity index (χ0v) is 21.2. The number of hydrogen-bond acceptors (Lipinski definition) is 7. The first-order chi connectivity index (χ1) is 19.1. The molecule has 0 saturated carbocycles. The van der Waals surface area contributed by atoms with Crippen molar-refractivity contribution in [3.8, 4) is 22.9 Å². The third-order valence-corrected chi connectivity index (χ3v) is 4.42. The van der Waals surface area contributed by atoms with Gasteiger partial charge in [0.2, 0.25) is 0 Å². The minimum atomic E-state index is -5.08. The molecule has 0 saturated heterocycles. The van der Waals surface area contributed by atoms with Gasteiger partial charge in [-0.2, -0.15) is 26.3 Å². The summed E-state index contributed by atoms with van der Waals surface area (Å²) >= 11 is 0. The average Bonchev–Trinajstić information content (AvgIpc) is 3.31. The molecule has 0 fully saturated rings. The van der Waals surface area contributed by atoms with Crippen molar-refractivity contribution in [3.63, 3.8) is 0 Å². The lowest BCUT2D eigenvalue weighted by atomic mass is 10.1. The summed E-state index contributed by atoms with van der Waals surface area (Å²) in [6.07, 6.45) is -6.65. The number of alkyl halides is 6. The number of imidazole rings is 1. The van der Waals surface area contributed by atoms with Crippen LogP contribution in [0.4, 0.5) is 26.3 Å². The Hall–Kier alpha value is -4.89. The smallest absolute Gasteiger partial charge is 0.490 e. The van der Waals surface area contributed by atoms with Crippen molar-refractivity contribution in [1.82, 2.24) is 19.9 Å². The first-order valence-corrected chi connectivity index (χ1v) is 11.3. The van der Waals surface area contributed by atoms with Crippen LogP contribution in [0.2, 0.25) is 0 Å². The molecule has 3 aromatic heterocycles. The highest BCUT2D eigenvalue weighted by atomic mass is 19.4. The molecular weight excluding hydrogens is 566 g/mol. The van der Waals surface area contributed by atoms with Gasteiger partial charge in [0.05, 0.1) is 17.4 Å². The number of nitrogens with zero attached hydrogens (tertiary/aromatic N) is 3. The maximum absolute atomic E-state index is 10.6. The molecule has 41 heavy (non-hydrogen) atoms. The van der Waals surface area contributed by atoms with Crippen molar-refractivity contribution < 1.29 is 55.6 Å². The van der Waals surface area contributed by atoms with E-state index in [1.807, 2.05) is 62.4 Å². The normalized spacial score (nSPS) is 11.1. The van der Waals surface area contributed by atoms with E-state index in [1.54, 1.807) is 12.4 Å².